The fourth-order valence-corrected chi connectivity index (χ4v) is 2.85. The molecule has 2 aromatic rings. The number of ether oxygens (including phenoxy) is 2. The van der Waals surface area contributed by atoms with Crippen molar-refractivity contribution in [3.8, 4) is 11.5 Å². The van der Waals surface area contributed by atoms with Crippen molar-refractivity contribution in [1.29, 1.82) is 0 Å². The Hall–Kier alpha value is -2.08. The van der Waals surface area contributed by atoms with E-state index >= 15 is 0 Å². The third kappa shape index (κ3) is 3.64. The zero-order valence-electron chi connectivity index (χ0n) is 11.9. The molecule has 0 spiro atoms. The Kier molecular flexibility index (Phi) is 4.52. The largest absolute Gasteiger partial charge is 0.454 e. The summed E-state index contributed by atoms with van der Waals surface area (Å²) in [5.41, 5.74) is 6.17. The number of amides is 1. The summed E-state index contributed by atoms with van der Waals surface area (Å²) in [5, 5.41) is 7.25. The molecule has 3 N–H and O–H groups in total. The molecule has 0 unspecified atom stereocenters. The number of hydrogen-bond acceptors (Lipinski definition) is 5. The van der Waals surface area contributed by atoms with Gasteiger partial charge in [-0.3, -0.25) is 20.3 Å². The highest BCUT2D eigenvalue weighted by Gasteiger charge is 2.15. The molecule has 0 aliphatic carbocycles. The number of nitrogens with one attached hydrogen (secondary N) is 3. The number of aryl methyl sites for hydroxylation is 1. The van der Waals surface area contributed by atoms with Gasteiger partial charge < -0.3 is 14.8 Å². The quantitative estimate of drug-likeness (QED) is 0.366. The molecule has 0 fully saturated rings. The number of hydrogen-bond donors (Lipinski definition) is 3. The number of carbonyl (C=O) groups excluding carboxylic acids is 1. The molecule has 10 heteroatoms. The Balaban J connectivity index is 1.55. The summed E-state index contributed by atoms with van der Waals surface area (Å²) < 4.78 is 12.8. The van der Waals surface area contributed by atoms with Gasteiger partial charge in [0.1, 0.15) is 0 Å². The van der Waals surface area contributed by atoms with Crippen molar-refractivity contribution in [2.75, 3.05) is 12.1 Å². The molecule has 0 bridgehead atoms. The SMILES string of the molecule is Cn1cc(I)c(C(=O)NNC(=S)Nc2ccc3c(c2)OCO3)n1. The number of nitrogens with zero attached hydrogens (tertiary/aromatic N) is 2. The summed E-state index contributed by atoms with van der Waals surface area (Å²) in [6.45, 7) is 0.209. The van der Waals surface area contributed by atoms with Crippen molar-refractivity contribution in [3.05, 3.63) is 33.7 Å². The number of benzene rings is 1. The van der Waals surface area contributed by atoms with Crippen LogP contribution in [0, 0.1) is 3.57 Å². The Morgan fingerprint density at radius 3 is 2.87 bits per heavy atom. The average Bonchev–Trinajstić information content (AvgIpc) is 3.10. The first kappa shape index (κ1) is 15.8. The van der Waals surface area contributed by atoms with Crippen molar-refractivity contribution in [3.63, 3.8) is 0 Å². The van der Waals surface area contributed by atoms with Crippen LogP contribution in [0.15, 0.2) is 24.4 Å². The van der Waals surface area contributed by atoms with Crippen molar-refractivity contribution >= 4 is 51.5 Å². The zero-order chi connectivity index (χ0) is 16.4. The van der Waals surface area contributed by atoms with Crippen molar-refractivity contribution in [2.45, 2.75) is 0 Å². The monoisotopic (exact) mass is 445 g/mol. The van der Waals surface area contributed by atoms with E-state index in [1.54, 1.807) is 36.1 Å². The standard InChI is InChI=1S/C13H12IN5O3S/c1-19-5-8(14)11(18-19)12(20)16-17-13(23)15-7-2-3-9-10(4-7)22-6-21-9/h2-5H,6H2,1H3,(H,16,20)(H2,15,17,23). The maximum absolute atomic E-state index is 12.0. The first-order chi connectivity index (χ1) is 11.0. The molecule has 1 aromatic heterocycles. The topological polar surface area (TPSA) is 89.4 Å². The molecule has 0 atom stereocenters. The number of thiocarbonyl (C=S) groups is 1. The van der Waals surface area contributed by atoms with Crippen LogP contribution in [-0.2, 0) is 7.05 Å². The normalized spacial score (nSPS) is 11.9. The molecule has 0 saturated carbocycles. The second-order valence-electron chi connectivity index (χ2n) is 4.60. The molecule has 120 valence electrons. The van der Waals surface area contributed by atoms with Gasteiger partial charge in [0.25, 0.3) is 5.91 Å². The summed E-state index contributed by atoms with van der Waals surface area (Å²) in [6, 6.07) is 5.34. The van der Waals surface area contributed by atoms with Crippen LogP contribution >= 0.6 is 34.8 Å². The Morgan fingerprint density at radius 2 is 2.13 bits per heavy atom. The molecular weight excluding hydrogens is 433 g/mol. The highest BCUT2D eigenvalue weighted by atomic mass is 127. The van der Waals surface area contributed by atoms with E-state index in [4.69, 9.17) is 21.7 Å². The fraction of sp³-hybridized carbons (Fsp3) is 0.154. The van der Waals surface area contributed by atoms with Crippen LogP contribution in [-0.4, -0.2) is 27.6 Å². The lowest BCUT2D eigenvalue weighted by molar-refractivity contribution is 0.0937. The van der Waals surface area contributed by atoms with Crippen molar-refractivity contribution in [2.24, 2.45) is 7.05 Å². The summed E-state index contributed by atoms with van der Waals surface area (Å²) in [7, 11) is 1.75. The van der Waals surface area contributed by atoms with Crippen LogP contribution in [0.25, 0.3) is 0 Å². The lowest BCUT2D eigenvalue weighted by Crippen LogP contribution is -2.44. The molecule has 2 heterocycles. The fourth-order valence-electron chi connectivity index (χ4n) is 1.92. The predicted molar refractivity (Wildman–Crippen MR) is 95.3 cm³/mol. The predicted octanol–water partition coefficient (Wildman–Crippen LogP) is 1.38. The lowest BCUT2D eigenvalue weighted by atomic mass is 10.3. The number of aromatic nitrogens is 2. The number of halogens is 1. The van der Waals surface area contributed by atoms with Crippen molar-refractivity contribution < 1.29 is 14.3 Å². The number of carbonyl (C=O) groups is 1. The van der Waals surface area contributed by atoms with Gasteiger partial charge in [-0.25, -0.2) is 0 Å². The molecule has 3 rings (SSSR count). The van der Waals surface area contributed by atoms with Crippen LogP contribution in [0.3, 0.4) is 0 Å². The van der Waals surface area contributed by atoms with Crippen LogP contribution in [0.5, 0.6) is 11.5 Å². The molecule has 1 amide bonds. The smallest absolute Gasteiger partial charge is 0.291 e. The number of hydrazine groups is 1. The average molecular weight is 445 g/mol. The first-order valence-electron chi connectivity index (χ1n) is 6.49. The van der Waals surface area contributed by atoms with Gasteiger partial charge in [0.15, 0.2) is 22.3 Å². The number of fused-ring (bicyclic) bond motifs is 1. The molecular formula is C13H12IN5O3S. The van der Waals surface area contributed by atoms with Gasteiger partial charge in [-0.2, -0.15) is 5.10 Å². The molecule has 0 saturated heterocycles. The van der Waals surface area contributed by atoms with E-state index < -0.39 is 0 Å². The maximum Gasteiger partial charge on any atom is 0.291 e. The molecule has 1 aliphatic heterocycles. The molecule has 1 aromatic carbocycles. The van der Waals surface area contributed by atoms with Crippen LogP contribution in [0.4, 0.5) is 5.69 Å². The van der Waals surface area contributed by atoms with E-state index in [0.29, 0.717) is 22.9 Å². The Labute approximate surface area is 150 Å². The van der Waals surface area contributed by atoms with Gasteiger partial charge in [0, 0.05) is 25.0 Å². The summed E-state index contributed by atoms with van der Waals surface area (Å²) in [4.78, 5) is 12.0. The highest BCUT2D eigenvalue weighted by Crippen LogP contribution is 2.34. The van der Waals surface area contributed by atoms with Gasteiger partial charge >= 0.3 is 0 Å². The molecule has 23 heavy (non-hydrogen) atoms. The number of rotatable bonds is 2. The summed E-state index contributed by atoms with van der Waals surface area (Å²) in [5.74, 6) is 0.960. The summed E-state index contributed by atoms with van der Waals surface area (Å²) >= 11 is 7.18. The minimum Gasteiger partial charge on any atom is -0.454 e. The maximum atomic E-state index is 12.0. The second kappa shape index (κ2) is 6.58. The van der Waals surface area contributed by atoms with Crippen LogP contribution < -0.4 is 25.6 Å². The third-order valence-corrected chi connectivity index (χ3v) is 3.91. The van der Waals surface area contributed by atoms with Crippen LogP contribution in [0.2, 0.25) is 0 Å². The van der Waals surface area contributed by atoms with E-state index in [2.05, 4.69) is 21.3 Å². The Bertz CT molecular complexity index is 779. The third-order valence-electron chi connectivity index (χ3n) is 2.92. The van der Waals surface area contributed by atoms with Crippen molar-refractivity contribution in [1.82, 2.24) is 20.6 Å². The molecule has 1 aliphatic rings. The van der Waals surface area contributed by atoms with Gasteiger partial charge in [-0.1, -0.05) is 0 Å². The first-order valence-corrected chi connectivity index (χ1v) is 7.98. The minimum atomic E-state index is -0.371. The zero-order valence-corrected chi connectivity index (χ0v) is 14.9. The van der Waals surface area contributed by atoms with Gasteiger partial charge in [-0.15, -0.1) is 0 Å². The van der Waals surface area contributed by atoms with Gasteiger partial charge in [0.05, 0.1) is 3.57 Å². The number of anilines is 1. The van der Waals surface area contributed by atoms with Crippen LogP contribution in [0.1, 0.15) is 10.5 Å². The van der Waals surface area contributed by atoms with Gasteiger partial charge in [-0.05, 0) is 46.9 Å². The lowest BCUT2D eigenvalue weighted by Gasteiger charge is -2.11. The van der Waals surface area contributed by atoms with E-state index in [1.165, 1.54) is 0 Å². The summed E-state index contributed by atoms with van der Waals surface area (Å²) in [6.07, 6.45) is 1.75. The van der Waals surface area contributed by atoms with E-state index in [9.17, 15) is 4.79 Å². The Morgan fingerprint density at radius 1 is 1.35 bits per heavy atom. The molecule has 8 nitrogen and oxygen atoms in total. The van der Waals surface area contributed by atoms with E-state index in [0.717, 1.165) is 3.57 Å². The second-order valence-corrected chi connectivity index (χ2v) is 6.17. The van der Waals surface area contributed by atoms with E-state index in [-0.39, 0.29) is 17.8 Å². The van der Waals surface area contributed by atoms with E-state index in [1.807, 2.05) is 22.6 Å². The highest BCUT2D eigenvalue weighted by molar-refractivity contribution is 14.1. The molecule has 0 radical (unpaired) electrons. The minimum absolute atomic E-state index is 0.209. The van der Waals surface area contributed by atoms with Gasteiger partial charge in [0.2, 0.25) is 6.79 Å².